The standard InChI is InChI=1S/C18H25ClN4OS3/c1-18(2)8-10-23(11-9-18)16-13(19)6-5-7-14(16)21-26-15-12-20-17(25-15)27(24)22(3)4/h5-7,12,21H,8-11H2,1-4H3. The second-order valence-electron chi connectivity index (χ2n) is 7.50. The highest BCUT2D eigenvalue weighted by Gasteiger charge is 2.27. The number of benzene rings is 1. The van der Waals surface area contributed by atoms with Gasteiger partial charge >= 0.3 is 0 Å². The lowest BCUT2D eigenvalue weighted by molar-refractivity contribution is 0.280. The molecule has 1 aromatic heterocycles. The van der Waals surface area contributed by atoms with Crippen molar-refractivity contribution >= 4 is 57.2 Å². The first-order valence-electron chi connectivity index (χ1n) is 8.78. The average Bonchev–Trinajstić information content (AvgIpc) is 3.09. The van der Waals surface area contributed by atoms with E-state index in [1.54, 1.807) is 24.6 Å². The molecular formula is C18H25ClN4OS3. The minimum absolute atomic E-state index is 0.390. The van der Waals surface area contributed by atoms with Gasteiger partial charge in [-0.25, -0.2) is 13.5 Å². The molecule has 1 fully saturated rings. The number of rotatable bonds is 6. The van der Waals surface area contributed by atoms with Gasteiger partial charge in [-0.15, -0.1) is 0 Å². The smallest absolute Gasteiger partial charge is 0.197 e. The zero-order valence-corrected chi connectivity index (χ0v) is 19.2. The summed E-state index contributed by atoms with van der Waals surface area (Å²) in [6, 6.07) is 5.95. The third kappa shape index (κ3) is 5.17. The van der Waals surface area contributed by atoms with Gasteiger partial charge in [0, 0.05) is 13.1 Å². The lowest BCUT2D eigenvalue weighted by atomic mass is 9.82. The Balaban J connectivity index is 1.73. The normalized spacial score (nSPS) is 17.9. The van der Waals surface area contributed by atoms with Crippen molar-refractivity contribution in [1.82, 2.24) is 9.29 Å². The maximum atomic E-state index is 12.1. The summed E-state index contributed by atoms with van der Waals surface area (Å²) in [7, 11) is 2.35. The molecule has 1 aliphatic heterocycles. The predicted molar refractivity (Wildman–Crippen MR) is 118 cm³/mol. The zero-order chi connectivity index (χ0) is 19.6. The monoisotopic (exact) mass is 444 g/mol. The van der Waals surface area contributed by atoms with Crippen LogP contribution in [0.1, 0.15) is 26.7 Å². The number of nitrogens with zero attached hydrogens (tertiary/aromatic N) is 3. The van der Waals surface area contributed by atoms with E-state index in [4.69, 9.17) is 11.6 Å². The van der Waals surface area contributed by atoms with Gasteiger partial charge < -0.3 is 9.62 Å². The van der Waals surface area contributed by atoms with E-state index in [0.29, 0.717) is 9.75 Å². The molecule has 2 heterocycles. The molecule has 1 saturated heterocycles. The molecule has 0 radical (unpaired) electrons. The molecule has 1 aromatic carbocycles. The number of thiazole rings is 1. The average molecular weight is 445 g/mol. The number of aromatic nitrogens is 1. The van der Waals surface area contributed by atoms with Gasteiger partial charge in [-0.2, -0.15) is 0 Å². The molecule has 1 unspecified atom stereocenters. The van der Waals surface area contributed by atoms with Gasteiger partial charge in [0.15, 0.2) is 15.3 Å². The summed E-state index contributed by atoms with van der Waals surface area (Å²) in [5, 5.41) is 0.763. The predicted octanol–water partition coefficient (Wildman–Crippen LogP) is 5.13. The molecule has 0 bridgehead atoms. The summed E-state index contributed by atoms with van der Waals surface area (Å²) in [5.41, 5.74) is 2.45. The maximum Gasteiger partial charge on any atom is 0.197 e. The Morgan fingerprint density at radius 1 is 1.33 bits per heavy atom. The number of hydrogen-bond acceptors (Lipinski definition) is 6. The Morgan fingerprint density at radius 2 is 2.04 bits per heavy atom. The van der Waals surface area contributed by atoms with Gasteiger partial charge in [-0.1, -0.05) is 42.9 Å². The minimum atomic E-state index is -1.21. The van der Waals surface area contributed by atoms with Crippen molar-refractivity contribution in [3.63, 3.8) is 0 Å². The van der Waals surface area contributed by atoms with E-state index in [0.717, 1.165) is 46.5 Å². The highest BCUT2D eigenvalue weighted by atomic mass is 35.5. The third-order valence-corrected chi connectivity index (χ3v) is 8.39. The molecule has 0 saturated carbocycles. The first-order valence-corrected chi connectivity index (χ1v) is 11.9. The van der Waals surface area contributed by atoms with Crippen LogP contribution in [-0.4, -0.2) is 40.7 Å². The van der Waals surface area contributed by atoms with Gasteiger partial charge in [0.25, 0.3) is 0 Å². The molecule has 5 nitrogen and oxygen atoms in total. The van der Waals surface area contributed by atoms with Crippen LogP contribution in [0.2, 0.25) is 5.02 Å². The molecule has 0 aliphatic carbocycles. The molecule has 9 heteroatoms. The first-order chi connectivity index (χ1) is 12.8. The summed E-state index contributed by atoms with van der Waals surface area (Å²) in [5.74, 6) is 0. The fraction of sp³-hybridized carbons (Fsp3) is 0.500. The molecular weight excluding hydrogens is 420 g/mol. The van der Waals surface area contributed by atoms with Crippen LogP contribution < -0.4 is 9.62 Å². The van der Waals surface area contributed by atoms with Gasteiger partial charge in [0.1, 0.15) is 4.21 Å². The quantitative estimate of drug-likeness (QED) is 0.626. The molecule has 148 valence electrons. The van der Waals surface area contributed by atoms with E-state index in [1.807, 2.05) is 18.2 Å². The minimum Gasteiger partial charge on any atom is -0.369 e. The van der Waals surface area contributed by atoms with Crippen LogP contribution in [0.3, 0.4) is 0 Å². The SMILES string of the molecule is CN(C)S(=O)c1ncc(SNc2cccc(Cl)c2N2CCC(C)(C)CC2)s1. The highest BCUT2D eigenvalue weighted by molar-refractivity contribution is 8.02. The van der Waals surface area contributed by atoms with Crippen LogP contribution in [0.15, 0.2) is 32.9 Å². The fourth-order valence-electron chi connectivity index (χ4n) is 2.89. The van der Waals surface area contributed by atoms with Crippen molar-refractivity contribution in [3.8, 4) is 0 Å². The van der Waals surface area contributed by atoms with Crippen molar-refractivity contribution in [1.29, 1.82) is 0 Å². The van der Waals surface area contributed by atoms with Crippen LogP contribution in [0.5, 0.6) is 0 Å². The molecule has 1 aliphatic rings. The van der Waals surface area contributed by atoms with Crippen molar-refractivity contribution in [2.24, 2.45) is 5.41 Å². The number of halogens is 1. The molecule has 0 amide bonds. The summed E-state index contributed by atoms with van der Waals surface area (Å²) in [4.78, 5) is 6.65. The molecule has 27 heavy (non-hydrogen) atoms. The van der Waals surface area contributed by atoms with Crippen LogP contribution >= 0.6 is 34.9 Å². The van der Waals surface area contributed by atoms with Crippen molar-refractivity contribution in [2.75, 3.05) is 36.8 Å². The number of anilines is 2. The van der Waals surface area contributed by atoms with Crippen molar-refractivity contribution in [2.45, 2.75) is 35.2 Å². The number of hydrogen-bond donors (Lipinski definition) is 1. The lowest BCUT2D eigenvalue weighted by Gasteiger charge is -2.39. The first kappa shape index (κ1) is 20.9. The highest BCUT2D eigenvalue weighted by Crippen LogP contribution is 2.41. The summed E-state index contributed by atoms with van der Waals surface area (Å²) in [6.07, 6.45) is 4.06. The van der Waals surface area contributed by atoms with E-state index in [-0.39, 0.29) is 0 Å². The lowest BCUT2D eigenvalue weighted by Crippen LogP contribution is -2.37. The van der Waals surface area contributed by atoms with Crippen LogP contribution in [-0.2, 0) is 11.0 Å². The van der Waals surface area contributed by atoms with E-state index < -0.39 is 11.0 Å². The fourth-order valence-corrected chi connectivity index (χ4v) is 6.19. The largest absolute Gasteiger partial charge is 0.369 e. The topological polar surface area (TPSA) is 48.5 Å². The molecule has 3 rings (SSSR count). The van der Waals surface area contributed by atoms with E-state index in [1.165, 1.54) is 23.3 Å². The maximum absolute atomic E-state index is 12.1. The third-order valence-electron chi connectivity index (χ3n) is 4.63. The molecule has 1 atom stereocenters. The van der Waals surface area contributed by atoms with Crippen LogP contribution in [0, 0.1) is 5.41 Å². The van der Waals surface area contributed by atoms with Gasteiger partial charge in [0.05, 0.1) is 22.6 Å². The molecule has 2 aromatic rings. The van der Waals surface area contributed by atoms with E-state index in [9.17, 15) is 4.21 Å². The Morgan fingerprint density at radius 3 is 2.70 bits per heavy atom. The summed E-state index contributed by atoms with van der Waals surface area (Å²) in [6.45, 7) is 6.65. The van der Waals surface area contributed by atoms with E-state index >= 15 is 0 Å². The second kappa shape index (κ2) is 8.69. The number of para-hydroxylation sites is 1. The summed E-state index contributed by atoms with van der Waals surface area (Å²) < 4.78 is 18.8. The van der Waals surface area contributed by atoms with Crippen LogP contribution in [0.25, 0.3) is 0 Å². The number of piperidine rings is 1. The molecule has 0 spiro atoms. The van der Waals surface area contributed by atoms with Crippen molar-refractivity contribution in [3.05, 3.63) is 29.4 Å². The van der Waals surface area contributed by atoms with Gasteiger partial charge in [-0.05, 0) is 56.4 Å². The van der Waals surface area contributed by atoms with Gasteiger partial charge in [-0.3, -0.25) is 0 Å². The second-order valence-corrected chi connectivity index (χ2v) is 11.9. The molecule has 1 N–H and O–H groups in total. The summed E-state index contributed by atoms with van der Waals surface area (Å²) >= 11 is 9.46. The Labute approximate surface area is 177 Å². The number of nitrogens with one attached hydrogen (secondary N) is 1. The van der Waals surface area contributed by atoms with Crippen molar-refractivity contribution < 1.29 is 4.21 Å². The van der Waals surface area contributed by atoms with Gasteiger partial charge in [0.2, 0.25) is 0 Å². The van der Waals surface area contributed by atoms with Crippen LogP contribution in [0.4, 0.5) is 11.4 Å². The zero-order valence-electron chi connectivity index (χ0n) is 16.0. The van der Waals surface area contributed by atoms with E-state index in [2.05, 4.69) is 28.5 Å². The Hall–Kier alpha value is -0.800. The Bertz CT molecular complexity index is 815. The Kier molecular flexibility index (Phi) is 6.74.